The molecule has 172 valence electrons. The summed E-state index contributed by atoms with van der Waals surface area (Å²) < 4.78 is 3.19. The van der Waals surface area contributed by atoms with Crippen LogP contribution in [0.25, 0.3) is 27.5 Å². The maximum atomic E-state index is 11.1. The van der Waals surface area contributed by atoms with Gasteiger partial charge in [0.15, 0.2) is 4.96 Å². The zero-order chi connectivity index (χ0) is 24.0. The molecule has 0 fully saturated rings. The molecule has 0 spiro atoms. The van der Waals surface area contributed by atoms with Crippen LogP contribution in [-0.2, 0) is 0 Å². The normalized spacial score (nSPS) is 12.3. The van der Waals surface area contributed by atoms with Gasteiger partial charge in [-0.25, -0.2) is 4.98 Å². The monoisotopic (exact) mass is 526 g/mol. The van der Waals surface area contributed by atoms with Gasteiger partial charge in [0.25, 0.3) is 5.69 Å². The predicted molar refractivity (Wildman–Crippen MR) is 140 cm³/mol. The fraction of sp³-hybridized carbons (Fsp3) is 0.320. The number of hydrogen-bond acceptors (Lipinski definition) is 5. The van der Waals surface area contributed by atoms with Gasteiger partial charge in [0.2, 0.25) is 0 Å². The summed E-state index contributed by atoms with van der Waals surface area (Å²) >= 11 is 5.10. The average molecular weight is 527 g/mol. The largest absolute Gasteiger partial charge is 0.364 e. The molecular weight excluding hydrogens is 500 g/mol. The van der Waals surface area contributed by atoms with E-state index in [0.29, 0.717) is 0 Å². The summed E-state index contributed by atoms with van der Waals surface area (Å²) in [6, 6.07) is 14.8. The van der Waals surface area contributed by atoms with Crippen LogP contribution in [0.4, 0.5) is 11.5 Å². The number of fused-ring (bicyclic) bond motifs is 1. The van der Waals surface area contributed by atoms with E-state index in [2.05, 4.69) is 77.8 Å². The molecule has 4 aromatic rings. The number of halogens is 1. The second kappa shape index (κ2) is 8.57. The van der Waals surface area contributed by atoms with E-state index in [4.69, 9.17) is 4.98 Å². The van der Waals surface area contributed by atoms with E-state index in [1.165, 1.54) is 12.1 Å². The van der Waals surface area contributed by atoms with Gasteiger partial charge < -0.3 is 5.32 Å². The van der Waals surface area contributed by atoms with Gasteiger partial charge >= 0.3 is 0 Å². The lowest BCUT2D eigenvalue weighted by molar-refractivity contribution is -0.384. The summed E-state index contributed by atoms with van der Waals surface area (Å²) in [6.45, 7) is 11.1. The molecule has 0 atom stereocenters. The van der Waals surface area contributed by atoms with Crippen molar-refractivity contribution in [2.24, 2.45) is 5.41 Å². The van der Waals surface area contributed by atoms with Crippen LogP contribution in [0.1, 0.15) is 41.0 Å². The second-order valence-electron chi connectivity index (χ2n) is 10.1. The zero-order valence-electron chi connectivity index (χ0n) is 19.3. The standard InChI is InChI=1S/C25H27BrN4O2S/c1-24(2,3)15-25(4,5)28-22-21(17-8-12-19(13-9-17)30(31)32)27-23-29(22)20(14-33-23)16-6-10-18(26)11-7-16/h6-14,28H,15H2,1-5H3. The fourth-order valence-electron chi connectivity index (χ4n) is 4.43. The number of benzene rings is 2. The number of rotatable bonds is 6. The minimum atomic E-state index is -0.382. The topological polar surface area (TPSA) is 72.5 Å². The molecule has 2 aromatic heterocycles. The molecule has 33 heavy (non-hydrogen) atoms. The lowest BCUT2D eigenvalue weighted by atomic mass is 9.82. The van der Waals surface area contributed by atoms with E-state index in [9.17, 15) is 10.1 Å². The average Bonchev–Trinajstić information content (AvgIpc) is 3.27. The van der Waals surface area contributed by atoms with Gasteiger partial charge in [-0.1, -0.05) is 48.8 Å². The maximum Gasteiger partial charge on any atom is 0.269 e. The Morgan fingerprint density at radius 3 is 2.21 bits per heavy atom. The van der Waals surface area contributed by atoms with Crippen molar-refractivity contribution >= 4 is 43.7 Å². The SMILES string of the molecule is CC(C)(C)CC(C)(C)Nc1c(-c2ccc([N+](=O)[O-])cc2)nc2scc(-c3ccc(Br)cc3)n12. The van der Waals surface area contributed by atoms with Gasteiger partial charge in [0.1, 0.15) is 11.5 Å². The first kappa shape index (κ1) is 23.4. The van der Waals surface area contributed by atoms with Crippen molar-refractivity contribution in [3.63, 3.8) is 0 Å². The molecule has 1 N–H and O–H groups in total. The van der Waals surface area contributed by atoms with Gasteiger partial charge in [-0.15, -0.1) is 11.3 Å². The third kappa shape index (κ3) is 5.12. The molecule has 0 aliphatic heterocycles. The van der Waals surface area contributed by atoms with Crippen LogP contribution in [0.3, 0.4) is 0 Å². The van der Waals surface area contributed by atoms with Gasteiger partial charge in [0.05, 0.1) is 10.6 Å². The first-order valence-corrected chi connectivity index (χ1v) is 12.4. The molecule has 0 amide bonds. The highest BCUT2D eigenvalue weighted by Gasteiger charge is 2.29. The summed E-state index contributed by atoms with van der Waals surface area (Å²) in [5.41, 5.74) is 3.77. The molecule has 6 nitrogen and oxygen atoms in total. The van der Waals surface area contributed by atoms with E-state index in [0.717, 1.165) is 44.2 Å². The van der Waals surface area contributed by atoms with E-state index in [1.807, 2.05) is 12.1 Å². The predicted octanol–water partition coefficient (Wildman–Crippen LogP) is 8.03. The Labute approximate surface area is 206 Å². The van der Waals surface area contributed by atoms with Crippen molar-refractivity contribution in [2.45, 2.75) is 46.6 Å². The van der Waals surface area contributed by atoms with Crippen LogP contribution in [0, 0.1) is 15.5 Å². The quantitative estimate of drug-likeness (QED) is 0.204. The van der Waals surface area contributed by atoms with Crippen LogP contribution in [0.5, 0.6) is 0 Å². The fourth-order valence-corrected chi connectivity index (χ4v) is 5.59. The highest BCUT2D eigenvalue weighted by atomic mass is 79.9. The minimum Gasteiger partial charge on any atom is -0.364 e. The molecule has 0 aliphatic rings. The smallest absolute Gasteiger partial charge is 0.269 e. The number of aromatic nitrogens is 2. The highest BCUT2D eigenvalue weighted by Crippen LogP contribution is 2.39. The minimum absolute atomic E-state index is 0.0675. The van der Waals surface area contributed by atoms with Crippen LogP contribution >= 0.6 is 27.3 Å². The Bertz CT molecular complexity index is 1300. The van der Waals surface area contributed by atoms with E-state index in [1.54, 1.807) is 23.5 Å². The van der Waals surface area contributed by atoms with Crippen molar-refractivity contribution in [1.29, 1.82) is 0 Å². The molecule has 0 unspecified atom stereocenters. The van der Waals surface area contributed by atoms with Crippen LogP contribution in [0.2, 0.25) is 0 Å². The molecule has 2 heterocycles. The van der Waals surface area contributed by atoms with Gasteiger partial charge in [-0.05, 0) is 55.5 Å². The van der Waals surface area contributed by atoms with Crippen molar-refractivity contribution in [1.82, 2.24) is 9.38 Å². The Morgan fingerprint density at radius 2 is 1.64 bits per heavy atom. The summed E-state index contributed by atoms with van der Waals surface area (Å²) in [7, 11) is 0. The molecule has 4 rings (SSSR count). The van der Waals surface area contributed by atoms with Crippen LogP contribution < -0.4 is 5.32 Å². The number of non-ortho nitro benzene ring substituents is 1. The Balaban J connectivity index is 1.89. The number of imidazole rings is 1. The van der Waals surface area contributed by atoms with E-state index >= 15 is 0 Å². The molecule has 0 radical (unpaired) electrons. The molecule has 0 aliphatic carbocycles. The maximum absolute atomic E-state index is 11.1. The van der Waals surface area contributed by atoms with Gasteiger partial charge in [-0.2, -0.15) is 0 Å². The Hall–Kier alpha value is -2.71. The van der Waals surface area contributed by atoms with Crippen molar-refractivity contribution in [3.05, 3.63) is 68.5 Å². The van der Waals surface area contributed by atoms with Crippen molar-refractivity contribution < 1.29 is 4.92 Å². The number of nitrogens with zero attached hydrogens (tertiary/aromatic N) is 3. The van der Waals surface area contributed by atoms with Gasteiger partial charge in [-0.3, -0.25) is 14.5 Å². The summed E-state index contributed by atoms with van der Waals surface area (Å²) in [6.07, 6.45) is 0.949. The second-order valence-corrected chi connectivity index (χ2v) is 11.9. The molecule has 0 bridgehead atoms. The third-order valence-electron chi connectivity index (χ3n) is 5.28. The van der Waals surface area contributed by atoms with Crippen LogP contribution in [-0.4, -0.2) is 19.8 Å². The number of hydrogen-bond donors (Lipinski definition) is 1. The summed E-state index contributed by atoms with van der Waals surface area (Å²) in [4.78, 5) is 16.6. The number of nitrogens with one attached hydrogen (secondary N) is 1. The third-order valence-corrected chi connectivity index (χ3v) is 6.64. The number of anilines is 1. The van der Waals surface area contributed by atoms with Crippen molar-refractivity contribution in [2.75, 3.05) is 5.32 Å². The van der Waals surface area contributed by atoms with Crippen molar-refractivity contribution in [3.8, 4) is 22.5 Å². The van der Waals surface area contributed by atoms with Crippen LogP contribution in [0.15, 0.2) is 58.4 Å². The molecular formula is C25H27BrN4O2S. The number of nitro benzene ring substituents is 1. The lowest BCUT2D eigenvalue weighted by Gasteiger charge is -2.34. The number of thiazole rings is 1. The molecule has 2 aromatic carbocycles. The number of nitro groups is 1. The Kier molecular flexibility index (Phi) is 6.09. The first-order valence-electron chi connectivity index (χ1n) is 10.7. The first-order chi connectivity index (χ1) is 15.4. The zero-order valence-corrected chi connectivity index (χ0v) is 21.8. The van der Waals surface area contributed by atoms with E-state index < -0.39 is 0 Å². The lowest BCUT2D eigenvalue weighted by Crippen LogP contribution is -2.36. The Morgan fingerprint density at radius 1 is 1.03 bits per heavy atom. The molecule has 0 saturated carbocycles. The summed E-state index contributed by atoms with van der Waals surface area (Å²) in [5, 5.41) is 17.0. The summed E-state index contributed by atoms with van der Waals surface area (Å²) in [5.74, 6) is 0.896. The van der Waals surface area contributed by atoms with Gasteiger partial charge in [0, 0.05) is 33.1 Å². The molecule has 0 saturated heterocycles. The van der Waals surface area contributed by atoms with E-state index in [-0.39, 0.29) is 21.6 Å². The highest BCUT2D eigenvalue weighted by molar-refractivity contribution is 9.10. The molecule has 8 heteroatoms.